The van der Waals surface area contributed by atoms with Crippen molar-refractivity contribution in [3.05, 3.63) is 55.6 Å². The van der Waals surface area contributed by atoms with Gasteiger partial charge in [-0.1, -0.05) is 0 Å². The van der Waals surface area contributed by atoms with Crippen LogP contribution < -0.4 is 14.2 Å². The molecule has 0 atom stereocenters. The highest BCUT2D eigenvalue weighted by Gasteiger charge is 2.25. The van der Waals surface area contributed by atoms with Gasteiger partial charge in [-0.3, -0.25) is 29.8 Å². The molecule has 14 nitrogen and oxygen atoms in total. The van der Waals surface area contributed by atoms with E-state index in [1.54, 1.807) is 0 Å². The Morgan fingerprint density at radius 3 is 1.88 bits per heavy atom. The van der Waals surface area contributed by atoms with Crippen LogP contribution in [-0.2, 0) is 4.79 Å². The Labute approximate surface area is 178 Å². The number of ether oxygens (including phenoxy) is 3. The highest BCUT2D eigenvalue weighted by molar-refractivity contribution is 5.93. The van der Waals surface area contributed by atoms with E-state index in [-0.39, 0.29) is 28.3 Å². The lowest BCUT2D eigenvalue weighted by Crippen LogP contribution is -2.07. The number of aldehydes is 1. The molecule has 0 saturated heterocycles. The quantitative estimate of drug-likeness (QED) is 0.204. The van der Waals surface area contributed by atoms with Crippen LogP contribution in [0.4, 0.5) is 11.4 Å². The molecular formula is C18H16N2O12. The molecule has 0 spiro atoms. The third-order valence-corrected chi connectivity index (χ3v) is 3.64. The van der Waals surface area contributed by atoms with Gasteiger partial charge in [0.1, 0.15) is 5.56 Å². The Kier molecular flexibility index (Phi) is 8.58. The van der Waals surface area contributed by atoms with Crippen LogP contribution in [0.25, 0.3) is 0 Å². The van der Waals surface area contributed by atoms with Gasteiger partial charge in [0.25, 0.3) is 0 Å². The molecule has 2 aromatic carbocycles. The molecule has 2 rings (SSSR count). The van der Waals surface area contributed by atoms with Gasteiger partial charge in [0.05, 0.1) is 29.6 Å². The number of carbonyl (C=O) groups excluding carboxylic acids is 2. The van der Waals surface area contributed by atoms with Crippen LogP contribution in [0.1, 0.15) is 27.6 Å². The Morgan fingerprint density at radius 2 is 1.47 bits per heavy atom. The first-order valence-corrected chi connectivity index (χ1v) is 8.26. The van der Waals surface area contributed by atoms with Crippen molar-refractivity contribution in [2.45, 2.75) is 6.92 Å². The number of carboxylic acid groups (broad SMARTS) is 1. The lowest BCUT2D eigenvalue weighted by Gasteiger charge is -2.09. The summed E-state index contributed by atoms with van der Waals surface area (Å²) in [6.45, 7) is 1.12. The highest BCUT2D eigenvalue weighted by atomic mass is 16.6. The first kappa shape index (κ1) is 25.3. The predicted molar refractivity (Wildman–Crippen MR) is 105 cm³/mol. The molecule has 0 aromatic heterocycles. The lowest BCUT2D eigenvalue weighted by atomic mass is 10.1. The van der Waals surface area contributed by atoms with Crippen LogP contribution in [0, 0.1) is 20.2 Å². The molecule has 0 unspecified atom stereocenters. The number of benzene rings is 2. The number of phenolic OH excluding ortho intramolecular Hbond substituents is 1. The molecule has 0 amide bonds. The normalized spacial score (nSPS) is 9.59. The number of nitrogens with zero attached hydrogens (tertiary/aromatic N) is 2. The number of phenols is 1. The van der Waals surface area contributed by atoms with E-state index in [1.165, 1.54) is 13.2 Å². The molecule has 0 heterocycles. The van der Waals surface area contributed by atoms with Crippen molar-refractivity contribution < 1.29 is 48.7 Å². The minimum absolute atomic E-state index is 0.00245. The zero-order valence-corrected chi connectivity index (χ0v) is 16.8. The van der Waals surface area contributed by atoms with Gasteiger partial charge in [-0.2, -0.15) is 0 Å². The Balaban J connectivity index is 0.000000323. The summed E-state index contributed by atoms with van der Waals surface area (Å²) in [5.74, 6) is -3.75. The number of carboxylic acids is 1. The van der Waals surface area contributed by atoms with Crippen LogP contribution in [0.5, 0.6) is 23.0 Å². The van der Waals surface area contributed by atoms with Gasteiger partial charge < -0.3 is 24.4 Å². The van der Waals surface area contributed by atoms with Crippen LogP contribution in [0.3, 0.4) is 0 Å². The van der Waals surface area contributed by atoms with Crippen LogP contribution in [-0.4, -0.2) is 52.5 Å². The second-order valence-electron chi connectivity index (χ2n) is 5.58. The van der Waals surface area contributed by atoms with Crippen molar-refractivity contribution in [3.8, 4) is 23.0 Å². The summed E-state index contributed by atoms with van der Waals surface area (Å²) in [5.41, 5.74) is -1.31. The largest absolute Gasteiger partial charge is 0.499 e. The lowest BCUT2D eigenvalue weighted by molar-refractivity contribution is -0.386. The molecule has 0 aliphatic rings. The maximum absolute atomic E-state index is 10.9. The van der Waals surface area contributed by atoms with Crippen molar-refractivity contribution in [1.82, 2.24) is 0 Å². The molecule has 2 aromatic rings. The summed E-state index contributed by atoms with van der Waals surface area (Å²) < 4.78 is 14.1. The van der Waals surface area contributed by atoms with Crippen LogP contribution in [0.2, 0.25) is 0 Å². The van der Waals surface area contributed by atoms with E-state index in [2.05, 4.69) is 4.74 Å². The Hall–Kier alpha value is -4.75. The Bertz CT molecular complexity index is 1080. The van der Waals surface area contributed by atoms with Crippen LogP contribution in [0.15, 0.2) is 24.3 Å². The van der Waals surface area contributed by atoms with E-state index in [9.17, 15) is 39.7 Å². The van der Waals surface area contributed by atoms with Crippen molar-refractivity contribution in [3.63, 3.8) is 0 Å². The fourth-order valence-corrected chi connectivity index (χ4v) is 2.33. The number of hydrogen-bond donors (Lipinski definition) is 2. The van der Waals surface area contributed by atoms with E-state index < -0.39 is 39.0 Å². The van der Waals surface area contributed by atoms with Gasteiger partial charge in [-0.15, -0.1) is 0 Å². The smallest absolute Gasteiger partial charge is 0.339 e. The van der Waals surface area contributed by atoms with Crippen molar-refractivity contribution in [2.75, 3.05) is 14.2 Å². The average Bonchev–Trinajstić information content (AvgIpc) is 2.72. The molecule has 2 N–H and O–H groups in total. The van der Waals surface area contributed by atoms with E-state index >= 15 is 0 Å². The third-order valence-electron chi connectivity index (χ3n) is 3.64. The van der Waals surface area contributed by atoms with Crippen LogP contribution >= 0.6 is 0 Å². The van der Waals surface area contributed by atoms with Gasteiger partial charge in [-0.05, 0) is 12.1 Å². The maximum Gasteiger partial charge on any atom is 0.339 e. The topological polar surface area (TPSA) is 206 Å². The monoisotopic (exact) mass is 452 g/mol. The summed E-state index contributed by atoms with van der Waals surface area (Å²) in [5, 5.41) is 39.2. The van der Waals surface area contributed by atoms with Gasteiger partial charge in [0, 0.05) is 19.1 Å². The van der Waals surface area contributed by atoms with Crippen molar-refractivity contribution in [2.24, 2.45) is 0 Å². The molecule has 0 aliphatic heterocycles. The van der Waals surface area contributed by atoms with E-state index in [0.717, 1.165) is 32.2 Å². The number of aromatic carboxylic acids is 1. The second-order valence-corrected chi connectivity index (χ2v) is 5.58. The summed E-state index contributed by atoms with van der Waals surface area (Å²) in [6, 6.07) is 4.20. The number of carbonyl (C=O) groups is 3. The summed E-state index contributed by atoms with van der Waals surface area (Å²) in [4.78, 5) is 51.9. The minimum atomic E-state index is -1.34. The molecule has 0 radical (unpaired) electrons. The SMILES string of the molecule is COc1c(C(=O)O)ccc([N+](=O)[O-])c1O.COc1c([N+](=O)[O-])ccc(C=O)c1OC(C)=O. The van der Waals surface area contributed by atoms with Gasteiger partial charge in [-0.25, -0.2) is 4.79 Å². The van der Waals surface area contributed by atoms with E-state index in [0.29, 0.717) is 6.29 Å². The highest BCUT2D eigenvalue weighted by Crippen LogP contribution is 2.39. The van der Waals surface area contributed by atoms with E-state index in [4.69, 9.17) is 14.6 Å². The van der Waals surface area contributed by atoms with Crippen molar-refractivity contribution in [1.29, 1.82) is 0 Å². The summed E-state index contributed by atoms with van der Waals surface area (Å²) in [6.07, 6.45) is 0.421. The van der Waals surface area contributed by atoms with Crippen molar-refractivity contribution >= 4 is 29.6 Å². The van der Waals surface area contributed by atoms with Gasteiger partial charge in [0.15, 0.2) is 17.8 Å². The number of nitro groups is 2. The molecule has 32 heavy (non-hydrogen) atoms. The molecule has 0 aliphatic carbocycles. The fourth-order valence-electron chi connectivity index (χ4n) is 2.33. The standard InChI is InChI=1S/C10H9NO6.C8H7NO6/c1-6(13)17-9-7(5-12)3-4-8(11(14)15)10(9)16-2;1-15-7-4(8(11)12)2-3-5(6(7)10)9(13)14/h3-5H,1-2H3;2-3,10H,1H3,(H,11,12). The summed E-state index contributed by atoms with van der Waals surface area (Å²) >= 11 is 0. The minimum Gasteiger partial charge on any atom is -0.499 e. The zero-order valence-electron chi connectivity index (χ0n) is 16.8. The number of esters is 1. The first-order chi connectivity index (χ1) is 15.0. The second kappa shape index (κ2) is 10.9. The molecule has 0 bridgehead atoms. The number of methoxy groups -OCH3 is 2. The van der Waals surface area contributed by atoms with Gasteiger partial charge >= 0.3 is 23.3 Å². The first-order valence-electron chi connectivity index (χ1n) is 8.26. The molecule has 170 valence electrons. The number of nitro benzene ring substituents is 2. The number of rotatable bonds is 7. The summed E-state index contributed by atoms with van der Waals surface area (Å²) in [7, 11) is 2.30. The molecule has 0 fully saturated rings. The maximum atomic E-state index is 10.9. The fraction of sp³-hybridized carbons (Fsp3) is 0.167. The average molecular weight is 452 g/mol. The molecule has 14 heteroatoms. The van der Waals surface area contributed by atoms with E-state index in [1.807, 2.05) is 0 Å². The Morgan fingerprint density at radius 1 is 0.938 bits per heavy atom. The molecular weight excluding hydrogens is 436 g/mol. The molecule has 0 saturated carbocycles. The zero-order chi connectivity index (χ0) is 24.6. The van der Waals surface area contributed by atoms with Gasteiger partial charge in [0.2, 0.25) is 11.5 Å². The number of hydrogen-bond acceptors (Lipinski definition) is 11. The number of aromatic hydroxyl groups is 1. The third kappa shape index (κ3) is 5.65. The predicted octanol–water partition coefficient (Wildman–Crippen LogP) is 2.35.